The van der Waals surface area contributed by atoms with E-state index in [0.29, 0.717) is 18.2 Å². The molecule has 0 radical (unpaired) electrons. The quantitative estimate of drug-likeness (QED) is 0.784. The molecule has 110 valence electrons. The Bertz CT molecular complexity index is 475. The van der Waals surface area contributed by atoms with Crippen molar-refractivity contribution in [1.29, 1.82) is 0 Å². The molecule has 1 fully saturated rings. The summed E-state index contributed by atoms with van der Waals surface area (Å²) in [5.74, 6) is -0.224. The lowest BCUT2D eigenvalue weighted by Crippen LogP contribution is -2.39. The van der Waals surface area contributed by atoms with E-state index in [9.17, 15) is 4.79 Å². The van der Waals surface area contributed by atoms with E-state index in [4.69, 9.17) is 32.7 Å². The van der Waals surface area contributed by atoms with E-state index >= 15 is 0 Å². The van der Waals surface area contributed by atoms with Crippen molar-refractivity contribution < 1.29 is 14.3 Å². The van der Waals surface area contributed by atoms with Gasteiger partial charge in [0.25, 0.3) is 0 Å². The highest BCUT2D eigenvalue weighted by Crippen LogP contribution is 2.26. The van der Waals surface area contributed by atoms with Crippen molar-refractivity contribution >= 4 is 34.8 Å². The Morgan fingerprint density at radius 3 is 2.90 bits per heavy atom. The van der Waals surface area contributed by atoms with Gasteiger partial charge < -0.3 is 14.4 Å². The Balaban J connectivity index is 2.27. The number of carbonyl (C=O) groups excluding carboxylic acids is 1. The molecule has 0 saturated carbocycles. The first-order chi connectivity index (χ1) is 9.65. The monoisotopic (exact) mass is 317 g/mol. The molecule has 6 heteroatoms. The van der Waals surface area contributed by atoms with Gasteiger partial charge in [0, 0.05) is 10.7 Å². The third-order valence-electron chi connectivity index (χ3n) is 3.21. The predicted molar refractivity (Wildman–Crippen MR) is 79.6 cm³/mol. The van der Waals surface area contributed by atoms with Crippen LogP contribution in [-0.4, -0.2) is 37.8 Å². The predicted octanol–water partition coefficient (Wildman–Crippen LogP) is 2.85. The van der Waals surface area contributed by atoms with E-state index in [0.717, 1.165) is 17.7 Å². The van der Waals surface area contributed by atoms with Crippen molar-refractivity contribution in [3.05, 3.63) is 28.8 Å². The van der Waals surface area contributed by atoms with Gasteiger partial charge in [0.2, 0.25) is 5.91 Å². The van der Waals surface area contributed by atoms with Gasteiger partial charge in [-0.15, -0.1) is 11.6 Å². The molecule has 4 nitrogen and oxygen atoms in total. The zero-order valence-electron chi connectivity index (χ0n) is 11.3. The fraction of sp³-hybridized carbons (Fsp3) is 0.500. The lowest BCUT2D eigenvalue weighted by atomic mass is 10.1. The van der Waals surface area contributed by atoms with Gasteiger partial charge in [-0.1, -0.05) is 18.5 Å². The highest BCUT2D eigenvalue weighted by atomic mass is 35.5. The van der Waals surface area contributed by atoms with E-state index < -0.39 is 0 Å². The Kier molecular flexibility index (Phi) is 5.66. The van der Waals surface area contributed by atoms with Gasteiger partial charge in [-0.25, -0.2) is 0 Å². The number of aryl methyl sites for hydroxylation is 1. The first kappa shape index (κ1) is 15.6. The van der Waals surface area contributed by atoms with Crippen LogP contribution in [0.15, 0.2) is 18.2 Å². The first-order valence-corrected chi connectivity index (χ1v) is 7.41. The highest BCUT2D eigenvalue weighted by molar-refractivity contribution is 6.31. The summed E-state index contributed by atoms with van der Waals surface area (Å²) in [4.78, 5) is 13.8. The van der Waals surface area contributed by atoms with Gasteiger partial charge in [-0.05, 0) is 30.2 Å². The largest absolute Gasteiger partial charge is 0.353 e. The van der Waals surface area contributed by atoms with E-state index in [1.807, 2.05) is 19.1 Å². The van der Waals surface area contributed by atoms with Crippen LogP contribution in [0.2, 0.25) is 5.02 Å². The Labute approximate surface area is 128 Å². The molecule has 1 aliphatic rings. The summed E-state index contributed by atoms with van der Waals surface area (Å²) in [6.45, 7) is 3.21. The summed E-state index contributed by atoms with van der Waals surface area (Å²) in [5.41, 5.74) is 1.84. The molecule has 0 bridgehead atoms. The number of hydrogen-bond acceptors (Lipinski definition) is 3. The zero-order valence-corrected chi connectivity index (χ0v) is 12.8. The van der Waals surface area contributed by atoms with Crippen LogP contribution in [0.5, 0.6) is 0 Å². The molecule has 0 spiro atoms. The highest BCUT2D eigenvalue weighted by Gasteiger charge is 2.25. The molecule has 1 aromatic carbocycles. The second-order valence-corrected chi connectivity index (χ2v) is 5.25. The van der Waals surface area contributed by atoms with Crippen LogP contribution >= 0.6 is 23.2 Å². The van der Waals surface area contributed by atoms with Gasteiger partial charge in [0.1, 0.15) is 18.8 Å². The van der Waals surface area contributed by atoms with Crippen LogP contribution in [0, 0.1) is 0 Å². The number of rotatable bonds is 5. The number of nitrogens with zero attached hydrogens (tertiary/aromatic N) is 1. The Hall–Kier alpha value is -0.810. The third-order valence-corrected chi connectivity index (χ3v) is 3.67. The number of alkyl halides is 1. The summed E-state index contributed by atoms with van der Waals surface area (Å²) >= 11 is 11.7. The standard InChI is InChI=1S/C14H17Cl2NO3/c1-2-10-5-11(16)3-4-13(10)17(14(18)6-15)7-12-8-19-9-20-12/h3-5,12H,2,6-9H2,1H3. The second kappa shape index (κ2) is 7.27. The molecule has 1 aliphatic heterocycles. The number of amides is 1. The van der Waals surface area contributed by atoms with Crippen LogP contribution in [0.25, 0.3) is 0 Å². The summed E-state index contributed by atoms with van der Waals surface area (Å²) < 4.78 is 10.6. The van der Waals surface area contributed by atoms with Crippen LogP contribution in [0.3, 0.4) is 0 Å². The fourth-order valence-electron chi connectivity index (χ4n) is 2.19. The number of benzene rings is 1. The van der Waals surface area contributed by atoms with Crippen molar-refractivity contribution in [2.45, 2.75) is 19.4 Å². The molecule has 1 unspecified atom stereocenters. The fourth-order valence-corrected chi connectivity index (χ4v) is 2.53. The maximum atomic E-state index is 12.1. The van der Waals surface area contributed by atoms with Crippen molar-refractivity contribution in [2.24, 2.45) is 0 Å². The number of ether oxygens (including phenoxy) is 2. The van der Waals surface area contributed by atoms with Crippen LogP contribution in [0.1, 0.15) is 12.5 Å². The topological polar surface area (TPSA) is 38.8 Å². The van der Waals surface area contributed by atoms with E-state index in [1.54, 1.807) is 11.0 Å². The van der Waals surface area contributed by atoms with E-state index in [-0.39, 0.29) is 24.7 Å². The smallest absolute Gasteiger partial charge is 0.242 e. The maximum Gasteiger partial charge on any atom is 0.242 e. The van der Waals surface area contributed by atoms with Gasteiger partial charge in [-0.3, -0.25) is 4.79 Å². The van der Waals surface area contributed by atoms with Crippen molar-refractivity contribution in [3.8, 4) is 0 Å². The molecule has 0 aliphatic carbocycles. The minimum Gasteiger partial charge on any atom is -0.353 e. The van der Waals surface area contributed by atoms with Crippen molar-refractivity contribution in [2.75, 3.05) is 30.7 Å². The van der Waals surface area contributed by atoms with Gasteiger partial charge in [-0.2, -0.15) is 0 Å². The van der Waals surface area contributed by atoms with Gasteiger partial charge in [0.05, 0.1) is 13.2 Å². The molecule has 20 heavy (non-hydrogen) atoms. The number of anilines is 1. The molecule has 1 heterocycles. The van der Waals surface area contributed by atoms with Gasteiger partial charge >= 0.3 is 0 Å². The van der Waals surface area contributed by atoms with Crippen LogP contribution in [0.4, 0.5) is 5.69 Å². The lowest BCUT2D eigenvalue weighted by molar-refractivity contribution is -0.116. The lowest BCUT2D eigenvalue weighted by Gasteiger charge is -2.26. The summed E-state index contributed by atoms with van der Waals surface area (Å²) in [6.07, 6.45) is 0.659. The number of hydrogen-bond donors (Lipinski definition) is 0. The van der Waals surface area contributed by atoms with E-state index in [2.05, 4.69) is 0 Å². The minimum atomic E-state index is -0.154. The average molecular weight is 318 g/mol. The minimum absolute atomic E-state index is 0.0701. The summed E-state index contributed by atoms with van der Waals surface area (Å²) in [6, 6.07) is 5.50. The maximum absolute atomic E-state index is 12.1. The molecule has 1 amide bonds. The van der Waals surface area contributed by atoms with Crippen molar-refractivity contribution in [3.63, 3.8) is 0 Å². The first-order valence-electron chi connectivity index (χ1n) is 6.49. The molecule has 1 aromatic rings. The normalized spacial score (nSPS) is 18.2. The van der Waals surface area contributed by atoms with Crippen LogP contribution in [-0.2, 0) is 20.7 Å². The molecule has 0 N–H and O–H groups in total. The molecule has 1 saturated heterocycles. The zero-order chi connectivity index (χ0) is 14.5. The Morgan fingerprint density at radius 1 is 1.50 bits per heavy atom. The van der Waals surface area contributed by atoms with Crippen molar-refractivity contribution in [1.82, 2.24) is 0 Å². The van der Waals surface area contributed by atoms with Gasteiger partial charge in [0.15, 0.2) is 0 Å². The molecular formula is C14H17Cl2NO3. The number of halogens is 2. The van der Waals surface area contributed by atoms with Crippen LogP contribution < -0.4 is 4.90 Å². The summed E-state index contributed by atoms with van der Waals surface area (Å²) in [5, 5.41) is 0.657. The molecule has 0 aromatic heterocycles. The second-order valence-electron chi connectivity index (χ2n) is 4.54. The molecular weight excluding hydrogens is 301 g/mol. The Morgan fingerprint density at radius 2 is 2.30 bits per heavy atom. The molecule has 1 atom stereocenters. The average Bonchev–Trinajstić information content (AvgIpc) is 2.97. The molecule has 2 rings (SSSR count). The number of carbonyl (C=O) groups is 1. The van der Waals surface area contributed by atoms with E-state index in [1.165, 1.54) is 0 Å². The summed E-state index contributed by atoms with van der Waals surface area (Å²) in [7, 11) is 0. The third kappa shape index (κ3) is 3.64. The SMILES string of the molecule is CCc1cc(Cl)ccc1N(CC1COCO1)C(=O)CCl.